The van der Waals surface area contributed by atoms with Crippen molar-refractivity contribution in [2.45, 2.75) is 51.5 Å². The zero-order chi connectivity index (χ0) is 14.1. The lowest BCUT2D eigenvalue weighted by atomic mass is 10.1. The smallest absolute Gasteiger partial charge is 0.119 e. The zero-order valence-electron chi connectivity index (χ0n) is 12.3. The Morgan fingerprint density at radius 3 is 2.40 bits per heavy atom. The highest BCUT2D eigenvalue weighted by molar-refractivity contribution is 5.73. The van der Waals surface area contributed by atoms with E-state index in [1.165, 1.54) is 38.5 Å². The first kappa shape index (κ1) is 13.2. The van der Waals surface area contributed by atoms with Crippen molar-refractivity contribution in [2.24, 2.45) is 7.05 Å². The summed E-state index contributed by atoms with van der Waals surface area (Å²) in [7, 11) is 1.93. The lowest BCUT2D eigenvalue weighted by molar-refractivity contribution is 0.406. The first-order valence-electron chi connectivity index (χ1n) is 7.50. The molecular formula is C15H23N5. The van der Waals surface area contributed by atoms with E-state index in [1.807, 2.05) is 31.0 Å². The van der Waals surface area contributed by atoms with Crippen molar-refractivity contribution in [2.75, 3.05) is 5.73 Å². The van der Waals surface area contributed by atoms with Gasteiger partial charge in [0.2, 0.25) is 0 Å². The molecule has 108 valence electrons. The molecule has 2 heterocycles. The van der Waals surface area contributed by atoms with E-state index in [-0.39, 0.29) is 0 Å². The van der Waals surface area contributed by atoms with Crippen LogP contribution in [0.1, 0.15) is 50.3 Å². The Bertz CT molecular complexity index is 587. The molecule has 1 fully saturated rings. The molecule has 0 saturated heterocycles. The highest BCUT2D eigenvalue weighted by Gasteiger charge is 2.19. The Morgan fingerprint density at radius 2 is 1.80 bits per heavy atom. The van der Waals surface area contributed by atoms with Crippen molar-refractivity contribution in [3.05, 3.63) is 18.1 Å². The summed E-state index contributed by atoms with van der Waals surface area (Å²) in [5, 5.41) is 9.14. The molecule has 2 aromatic rings. The second-order valence-corrected chi connectivity index (χ2v) is 5.86. The number of aromatic nitrogens is 4. The number of hydrogen-bond donors (Lipinski definition) is 1. The van der Waals surface area contributed by atoms with Crippen molar-refractivity contribution in [3.8, 4) is 11.3 Å². The number of rotatable bonds is 2. The predicted octanol–water partition coefficient (Wildman–Crippen LogP) is 3.07. The van der Waals surface area contributed by atoms with Crippen LogP contribution in [0.5, 0.6) is 0 Å². The fraction of sp³-hybridized carbons (Fsp3) is 0.600. The molecule has 2 N–H and O–H groups in total. The normalized spacial score (nSPS) is 17.3. The first-order chi connectivity index (χ1) is 9.65. The van der Waals surface area contributed by atoms with Crippen LogP contribution in [0, 0.1) is 6.92 Å². The molecule has 0 amide bonds. The van der Waals surface area contributed by atoms with E-state index in [4.69, 9.17) is 10.8 Å². The summed E-state index contributed by atoms with van der Waals surface area (Å²) in [6.07, 6.45) is 11.7. The maximum Gasteiger partial charge on any atom is 0.119 e. The number of nitrogen functional groups attached to an aromatic ring is 1. The van der Waals surface area contributed by atoms with Crippen LogP contribution in [0.25, 0.3) is 11.3 Å². The molecule has 5 heteroatoms. The first-order valence-corrected chi connectivity index (χ1v) is 7.50. The Morgan fingerprint density at radius 1 is 1.10 bits per heavy atom. The lowest BCUT2D eigenvalue weighted by Gasteiger charge is -2.14. The number of anilines is 1. The second-order valence-electron chi connectivity index (χ2n) is 5.86. The van der Waals surface area contributed by atoms with Crippen molar-refractivity contribution in [1.82, 2.24) is 19.6 Å². The highest BCUT2D eigenvalue weighted by Crippen LogP contribution is 2.31. The molecule has 1 saturated carbocycles. The molecule has 0 bridgehead atoms. The maximum atomic E-state index is 6.18. The summed E-state index contributed by atoms with van der Waals surface area (Å²) in [6, 6.07) is 0.505. The van der Waals surface area contributed by atoms with Crippen LogP contribution in [-0.4, -0.2) is 19.6 Å². The van der Waals surface area contributed by atoms with E-state index in [9.17, 15) is 0 Å². The minimum Gasteiger partial charge on any atom is -0.396 e. The van der Waals surface area contributed by atoms with Crippen LogP contribution < -0.4 is 5.73 Å². The number of nitrogens with zero attached hydrogens (tertiary/aromatic N) is 4. The van der Waals surface area contributed by atoms with Gasteiger partial charge in [0.1, 0.15) is 5.69 Å². The van der Waals surface area contributed by atoms with E-state index < -0.39 is 0 Å². The van der Waals surface area contributed by atoms with Crippen molar-refractivity contribution >= 4 is 5.69 Å². The van der Waals surface area contributed by atoms with E-state index in [0.29, 0.717) is 6.04 Å². The quantitative estimate of drug-likeness (QED) is 0.855. The van der Waals surface area contributed by atoms with E-state index in [2.05, 4.69) is 9.78 Å². The third-order valence-corrected chi connectivity index (χ3v) is 4.23. The molecule has 0 aliphatic heterocycles. The Labute approximate surface area is 119 Å². The summed E-state index contributed by atoms with van der Waals surface area (Å²) < 4.78 is 3.90. The standard InChI is InChI=1S/C15H23N5/c1-11-13(9-19(2)17-11)15-14(16)10-20(18-15)12-7-5-3-4-6-8-12/h9-10,12H,3-8,16H2,1-2H3. The van der Waals surface area contributed by atoms with Gasteiger partial charge in [-0.1, -0.05) is 25.7 Å². The maximum absolute atomic E-state index is 6.18. The molecular weight excluding hydrogens is 250 g/mol. The fourth-order valence-electron chi connectivity index (χ4n) is 3.16. The Kier molecular flexibility index (Phi) is 3.51. The average Bonchev–Trinajstić information content (AvgIpc) is 2.82. The predicted molar refractivity (Wildman–Crippen MR) is 80.3 cm³/mol. The minimum atomic E-state index is 0.505. The number of nitrogens with two attached hydrogens (primary N) is 1. The SMILES string of the molecule is Cc1nn(C)cc1-c1nn(C2CCCCCC2)cc1N. The summed E-state index contributed by atoms with van der Waals surface area (Å²) in [5.41, 5.74) is 9.82. The summed E-state index contributed by atoms with van der Waals surface area (Å²) in [4.78, 5) is 0. The van der Waals surface area contributed by atoms with Crippen LogP contribution in [0.3, 0.4) is 0 Å². The van der Waals surface area contributed by atoms with Crippen LogP contribution in [0.4, 0.5) is 5.69 Å². The van der Waals surface area contributed by atoms with Gasteiger partial charge in [-0.3, -0.25) is 9.36 Å². The molecule has 1 aliphatic rings. The largest absolute Gasteiger partial charge is 0.396 e. The van der Waals surface area contributed by atoms with Crippen molar-refractivity contribution in [3.63, 3.8) is 0 Å². The Balaban J connectivity index is 1.92. The van der Waals surface area contributed by atoms with Gasteiger partial charge >= 0.3 is 0 Å². The van der Waals surface area contributed by atoms with Gasteiger partial charge in [0.05, 0.1) is 17.4 Å². The minimum absolute atomic E-state index is 0.505. The third kappa shape index (κ3) is 2.44. The second kappa shape index (κ2) is 5.31. The molecule has 0 spiro atoms. The van der Waals surface area contributed by atoms with Gasteiger partial charge in [-0.2, -0.15) is 10.2 Å². The highest BCUT2D eigenvalue weighted by atomic mass is 15.3. The lowest BCUT2D eigenvalue weighted by Crippen LogP contribution is -2.08. The molecule has 2 aromatic heterocycles. The average molecular weight is 273 g/mol. The summed E-state index contributed by atoms with van der Waals surface area (Å²) >= 11 is 0. The third-order valence-electron chi connectivity index (χ3n) is 4.23. The van der Waals surface area contributed by atoms with E-state index >= 15 is 0 Å². The zero-order valence-corrected chi connectivity index (χ0v) is 12.3. The molecule has 20 heavy (non-hydrogen) atoms. The van der Waals surface area contributed by atoms with E-state index in [1.54, 1.807) is 0 Å². The van der Waals surface area contributed by atoms with Crippen LogP contribution in [0.2, 0.25) is 0 Å². The van der Waals surface area contributed by atoms with E-state index in [0.717, 1.165) is 22.6 Å². The molecule has 3 rings (SSSR count). The molecule has 0 unspecified atom stereocenters. The monoisotopic (exact) mass is 273 g/mol. The van der Waals surface area contributed by atoms with Gasteiger partial charge in [-0.25, -0.2) is 0 Å². The van der Waals surface area contributed by atoms with Crippen molar-refractivity contribution in [1.29, 1.82) is 0 Å². The van der Waals surface area contributed by atoms with Gasteiger partial charge < -0.3 is 5.73 Å². The Hall–Kier alpha value is -1.78. The molecule has 5 nitrogen and oxygen atoms in total. The topological polar surface area (TPSA) is 61.7 Å². The van der Waals surface area contributed by atoms with Gasteiger partial charge in [0.15, 0.2) is 0 Å². The molecule has 0 aromatic carbocycles. The fourth-order valence-corrected chi connectivity index (χ4v) is 3.16. The summed E-state index contributed by atoms with van der Waals surface area (Å²) in [6.45, 7) is 2.00. The van der Waals surface area contributed by atoms with Gasteiger partial charge in [0.25, 0.3) is 0 Å². The summed E-state index contributed by atoms with van der Waals surface area (Å²) in [5.74, 6) is 0. The number of hydrogen-bond acceptors (Lipinski definition) is 3. The van der Waals surface area contributed by atoms with Gasteiger partial charge in [-0.05, 0) is 19.8 Å². The van der Waals surface area contributed by atoms with Crippen molar-refractivity contribution < 1.29 is 0 Å². The van der Waals surface area contributed by atoms with Crippen LogP contribution >= 0.6 is 0 Å². The van der Waals surface area contributed by atoms with Gasteiger partial charge in [0, 0.05) is 25.0 Å². The van der Waals surface area contributed by atoms with Crippen LogP contribution in [-0.2, 0) is 7.05 Å². The van der Waals surface area contributed by atoms with Crippen LogP contribution in [0.15, 0.2) is 12.4 Å². The molecule has 0 radical (unpaired) electrons. The number of aryl methyl sites for hydroxylation is 2. The molecule has 1 aliphatic carbocycles. The van der Waals surface area contributed by atoms with Gasteiger partial charge in [-0.15, -0.1) is 0 Å². The molecule has 0 atom stereocenters.